The first kappa shape index (κ1) is 16.7. The molecule has 4 rings (SSSR count). The maximum absolute atomic E-state index is 4.93. The average molecular weight is 359 g/mol. The van der Waals surface area contributed by atoms with Gasteiger partial charge in [-0.3, -0.25) is 0 Å². The summed E-state index contributed by atoms with van der Waals surface area (Å²) >= 11 is 0. The van der Waals surface area contributed by atoms with Crippen molar-refractivity contribution >= 4 is 27.4 Å². The summed E-state index contributed by atoms with van der Waals surface area (Å²) in [5.41, 5.74) is 5.91. The number of nitrogens with zero attached hydrogens (tertiary/aromatic N) is 1. The van der Waals surface area contributed by atoms with Gasteiger partial charge in [0.15, 0.2) is 5.17 Å². The van der Waals surface area contributed by atoms with Crippen LogP contribution in [0.2, 0.25) is 0 Å². The molecule has 1 heterocycles. The molecule has 0 aliphatic carbocycles. The lowest BCUT2D eigenvalue weighted by molar-refractivity contribution is 1.29. The van der Waals surface area contributed by atoms with Gasteiger partial charge in [0.25, 0.3) is 0 Å². The Morgan fingerprint density at radius 1 is 0.769 bits per heavy atom. The molecule has 0 bridgehead atoms. The number of hydrogen-bond acceptors (Lipinski definition) is 1. The van der Waals surface area contributed by atoms with E-state index in [0.717, 1.165) is 16.6 Å². The zero-order valence-electron chi connectivity index (χ0n) is 15.0. The first-order chi connectivity index (χ1) is 12.7. The number of rotatable bonds is 3. The maximum atomic E-state index is 4.93. The van der Waals surface area contributed by atoms with E-state index in [1.165, 1.54) is 21.6 Å². The summed E-state index contributed by atoms with van der Waals surface area (Å²) in [6.45, 7) is 4.29. The van der Waals surface area contributed by atoms with Gasteiger partial charge in [-0.1, -0.05) is 66.2 Å². The van der Waals surface area contributed by atoms with Crippen molar-refractivity contribution in [3.05, 3.63) is 101 Å². The molecular formula is C23H22N2S. The van der Waals surface area contributed by atoms with Crippen molar-refractivity contribution in [2.24, 2.45) is 4.99 Å². The zero-order chi connectivity index (χ0) is 17.9. The van der Waals surface area contributed by atoms with Gasteiger partial charge in [0.2, 0.25) is 0 Å². The number of hydrogen-bond donors (Lipinski definition) is 2. The fourth-order valence-electron chi connectivity index (χ4n) is 3.01. The SMILES string of the molecule is Cc1ccc(C2=C[SH](c3ccccc3C)C(=Nc3ccccc3)N2)cc1. The summed E-state index contributed by atoms with van der Waals surface area (Å²) in [6, 6.07) is 27.4. The fraction of sp³-hybridized carbons (Fsp3) is 0.0870. The number of para-hydroxylation sites is 1. The number of aliphatic imine (C=N–C) groups is 1. The van der Waals surface area contributed by atoms with Crippen molar-refractivity contribution in [1.82, 2.24) is 5.32 Å². The van der Waals surface area contributed by atoms with Crippen molar-refractivity contribution in [2.75, 3.05) is 0 Å². The van der Waals surface area contributed by atoms with Crippen LogP contribution in [0, 0.1) is 13.8 Å². The van der Waals surface area contributed by atoms with E-state index in [9.17, 15) is 0 Å². The molecule has 0 spiro atoms. The lowest BCUT2D eigenvalue weighted by Crippen LogP contribution is -2.15. The molecule has 130 valence electrons. The molecule has 26 heavy (non-hydrogen) atoms. The van der Waals surface area contributed by atoms with Gasteiger partial charge >= 0.3 is 0 Å². The minimum Gasteiger partial charge on any atom is -0.335 e. The summed E-state index contributed by atoms with van der Waals surface area (Å²) in [7, 11) is -0.642. The van der Waals surface area contributed by atoms with Crippen molar-refractivity contribution in [3.8, 4) is 0 Å². The average Bonchev–Trinajstić information content (AvgIpc) is 3.07. The number of aryl methyl sites for hydroxylation is 2. The summed E-state index contributed by atoms with van der Waals surface area (Å²) in [5.74, 6) is 0. The quantitative estimate of drug-likeness (QED) is 0.555. The highest BCUT2D eigenvalue weighted by atomic mass is 32.2. The van der Waals surface area contributed by atoms with E-state index < -0.39 is 10.9 Å². The van der Waals surface area contributed by atoms with Gasteiger partial charge in [-0.2, -0.15) is 0 Å². The van der Waals surface area contributed by atoms with Crippen LogP contribution in [0.25, 0.3) is 5.70 Å². The third-order valence-corrected chi connectivity index (χ3v) is 6.67. The molecule has 3 aromatic carbocycles. The van der Waals surface area contributed by atoms with Crippen molar-refractivity contribution in [3.63, 3.8) is 0 Å². The van der Waals surface area contributed by atoms with Gasteiger partial charge in [0.05, 0.1) is 11.4 Å². The van der Waals surface area contributed by atoms with Crippen molar-refractivity contribution < 1.29 is 0 Å². The molecule has 2 nitrogen and oxygen atoms in total. The highest BCUT2D eigenvalue weighted by molar-refractivity contribution is 8.32. The molecule has 3 heteroatoms. The van der Waals surface area contributed by atoms with Gasteiger partial charge in [0.1, 0.15) is 0 Å². The molecule has 1 aliphatic heterocycles. The Kier molecular flexibility index (Phi) is 4.63. The molecule has 0 amide bonds. The lowest BCUT2D eigenvalue weighted by atomic mass is 10.1. The Hall–Kier alpha value is -2.78. The molecule has 0 saturated carbocycles. The topological polar surface area (TPSA) is 24.4 Å². The minimum atomic E-state index is -0.642. The van der Waals surface area contributed by atoms with E-state index in [1.54, 1.807) is 0 Å². The van der Waals surface area contributed by atoms with E-state index in [4.69, 9.17) is 4.99 Å². The normalized spacial score (nSPS) is 19.2. The summed E-state index contributed by atoms with van der Waals surface area (Å²) in [4.78, 5) is 6.29. The standard InChI is InChI=1S/C23H22N2S/c1-17-12-14-19(15-13-17)21-16-26(22-11-7-6-8-18(22)2)23(25-21)24-20-9-4-3-5-10-20/h3-16,26H,1-2H3,(H,24,25). The summed E-state index contributed by atoms with van der Waals surface area (Å²) in [5, 5.41) is 6.98. The van der Waals surface area contributed by atoms with Crippen LogP contribution in [0.3, 0.4) is 0 Å². The minimum absolute atomic E-state index is 0.642. The van der Waals surface area contributed by atoms with Crippen LogP contribution in [0.1, 0.15) is 16.7 Å². The second kappa shape index (κ2) is 7.22. The Morgan fingerprint density at radius 2 is 1.46 bits per heavy atom. The molecule has 0 fully saturated rings. The zero-order valence-corrected chi connectivity index (χ0v) is 15.9. The van der Waals surface area contributed by atoms with E-state index in [2.05, 4.69) is 73.1 Å². The highest BCUT2D eigenvalue weighted by Crippen LogP contribution is 2.47. The van der Waals surface area contributed by atoms with Gasteiger partial charge in [-0.15, -0.1) is 10.9 Å². The first-order valence-corrected chi connectivity index (χ1v) is 10.2. The molecule has 1 unspecified atom stereocenters. The number of benzene rings is 3. The Morgan fingerprint density at radius 3 is 2.19 bits per heavy atom. The molecule has 0 radical (unpaired) electrons. The van der Waals surface area contributed by atoms with E-state index in [0.29, 0.717) is 0 Å². The predicted molar refractivity (Wildman–Crippen MR) is 114 cm³/mol. The monoisotopic (exact) mass is 358 g/mol. The molecule has 1 atom stereocenters. The van der Waals surface area contributed by atoms with Crippen molar-refractivity contribution in [2.45, 2.75) is 18.7 Å². The fourth-order valence-corrected chi connectivity index (χ4v) is 5.13. The summed E-state index contributed by atoms with van der Waals surface area (Å²) in [6.07, 6.45) is 0. The molecule has 1 aliphatic rings. The van der Waals surface area contributed by atoms with Crippen LogP contribution in [-0.2, 0) is 0 Å². The Balaban J connectivity index is 1.77. The number of nitrogens with one attached hydrogen (secondary N) is 1. The van der Waals surface area contributed by atoms with Crippen LogP contribution in [0.4, 0.5) is 5.69 Å². The van der Waals surface area contributed by atoms with Crippen LogP contribution < -0.4 is 5.32 Å². The van der Waals surface area contributed by atoms with Crippen LogP contribution in [0.15, 0.2) is 94.2 Å². The second-order valence-electron chi connectivity index (χ2n) is 6.46. The van der Waals surface area contributed by atoms with Gasteiger partial charge in [-0.25, -0.2) is 4.99 Å². The molecule has 3 aromatic rings. The molecule has 1 N–H and O–H groups in total. The molecule has 0 aromatic heterocycles. The maximum Gasteiger partial charge on any atom is 0.153 e. The van der Waals surface area contributed by atoms with Gasteiger partial charge < -0.3 is 5.32 Å². The molecular weight excluding hydrogens is 336 g/mol. The van der Waals surface area contributed by atoms with Crippen LogP contribution >= 0.6 is 10.9 Å². The van der Waals surface area contributed by atoms with Gasteiger partial charge in [-0.05, 0) is 48.6 Å². The van der Waals surface area contributed by atoms with Gasteiger partial charge in [0, 0.05) is 4.90 Å². The summed E-state index contributed by atoms with van der Waals surface area (Å²) < 4.78 is 0. The predicted octanol–water partition coefficient (Wildman–Crippen LogP) is 5.95. The number of amidine groups is 1. The highest BCUT2D eigenvalue weighted by Gasteiger charge is 2.23. The van der Waals surface area contributed by atoms with E-state index >= 15 is 0 Å². The van der Waals surface area contributed by atoms with Crippen molar-refractivity contribution in [1.29, 1.82) is 0 Å². The van der Waals surface area contributed by atoms with Crippen LogP contribution in [-0.4, -0.2) is 5.17 Å². The molecule has 0 saturated heterocycles. The smallest absolute Gasteiger partial charge is 0.153 e. The largest absolute Gasteiger partial charge is 0.335 e. The third-order valence-electron chi connectivity index (χ3n) is 4.46. The van der Waals surface area contributed by atoms with Crippen LogP contribution in [0.5, 0.6) is 0 Å². The third kappa shape index (κ3) is 3.44. The first-order valence-electron chi connectivity index (χ1n) is 8.75. The lowest BCUT2D eigenvalue weighted by Gasteiger charge is -2.17. The van der Waals surface area contributed by atoms with E-state index in [1.807, 2.05) is 30.3 Å². The Bertz CT molecular complexity index is 973. The second-order valence-corrected chi connectivity index (χ2v) is 8.36. The Labute approximate surface area is 157 Å². The number of thiol groups is 1. The van der Waals surface area contributed by atoms with E-state index in [-0.39, 0.29) is 0 Å².